The molecular formula is C16H13F3N4O. The molecule has 0 bridgehead atoms. The second-order valence-electron chi connectivity index (χ2n) is 5.19. The molecule has 5 nitrogen and oxygen atoms in total. The van der Waals surface area contributed by atoms with E-state index in [0.29, 0.717) is 28.7 Å². The van der Waals surface area contributed by atoms with Crippen molar-refractivity contribution < 1.29 is 17.7 Å². The zero-order chi connectivity index (χ0) is 17.3. The normalized spacial score (nSPS) is 11.5. The number of aryl methyl sites for hydroxylation is 2. The molecule has 0 radical (unpaired) electrons. The second-order valence-corrected chi connectivity index (χ2v) is 5.19. The van der Waals surface area contributed by atoms with Crippen molar-refractivity contribution in [3.8, 4) is 11.3 Å². The van der Waals surface area contributed by atoms with Gasteiger partial charge in [-0.05, 0) is 38.1 Å². The molecule has 0 fully saturated rings. The Morgan fingerprint density at radius 1 is 1.04 bits per heavy atom. The Morgan fingerprint density at radius 3 is 2.33 bits per heavy atom. The van der Waals surface area contributed by atoms with Gasteiger partial charge in [0.2, 0.25) is 0 Å². The van der Waals surface area contributed by atoms with E-state index in [9.17, 15) is 13.2 Å². The average Bonchev–Trinajstić information content (AvgIpc) is 2.86. The molecule has 124 valence electrons. The molecule has 2 heterocycles. The van der Waals surface area contributed by atoms with Crippen molar-refractivity contribution in [3.63, 3.8) is 0 Å². The predicted molar refractivity (Wildman–Crippen MR) is 81.7 cm³/mol. The van der Waals surface area contributed by atoms with Crippen molar-refractivity contribution in [2.24, 2.45) is 0 Å². The van der Waals surface area contributed by atoms with Crippen molar-refractivity contribution >= 4 is 11.5 Å². The van der Waals surface area contributed by atoms with Crippen LogP contribution in [0.5, 0.6) is 0 Å². The Balaban J connectivity index is 1.85. The molecular weight excluding hydrogens is 321 g/mol. The lowest BCUT2D eigenvalue weighted by molar-refractivity contribution is -0.137. The van der Waals surface area contributed by atoms with E-state index in [1.807, 2.05) is 0 Å². The standard InChI is InChI=1S/C16H13F3N4O/c1-9-15(10(2)24-23-9)13-7-20-8-14(22-13)21-12-5-3-11(4-6-12)16(17,18)19/h3-8H,1-2H3,(H,21,22). The minimum absolute atomic E-state index is 0.409. The molecule has 0 aliphatic carbocycles. The van der Waals surface area contributed by atoms with Gasteiger partial charge in [0.15, 0.2) is 0 Å². The molecule has 0 saturated heterocycles. The molecule has 3 rings (SSSR count). The van der Waals surface area contributed by atoms with E-state index < -0.39 is 11.7 Å². The minimum atomic E-state index is -4.36. The number of nitrogens with one attached hydrogen (secondary N) is 1. The third kappa shape index (κ3) is 3.22. The molecule has 2 aromatic heterocycles. The summed E-state index contributed by atoms with van der Waals surface area (Å²) in [4.78, 5) is 8.51. The summed E-state index contributed by atoms with van der Waals surface area (Å²) in [7, 11) is 0. The number of halogens is 3. The fourth-order valence-electron chi connectivity index (χ4n) is 2.29. The lowest BCUT2D eigenvalue weighted by Gasteiger charge is -2.09. The monoisotopic (exact) mass is 334 g/mol. The van der Waals surface area contributed by atoms with Crippen molar-refractivity contribution in [1.29, 1.82) is 0 Å². The Labute approximate surface area is 135 Å². The van der Waals surface area contributed by atoms with E-state index in [4.69, 9.17) is 4.52 Å². The van der Waals surface area contributed by atoms with Gasteiger partial charge in [-0.3, -0.25) is 4.98 Å². The largest absolute Gasteiger partial charge is 0.416 e. The van der Waals surface area contributed by atoms with Crippen LogP contribution in [0.2, 0.25) is 0 Å². The van der Waals surface area contributed by atoms with E-state index in [1.165, 1.54) is 18.3 Å². The number of benzene rings is 1. The first-order chi connectivity index (χ1) is 11.3. The third-order valence-electron chi connectivity index (χ3n) is 3.41. The first-order valence-corrected chi connectivity index (χ1v) is 7.04. The van der Waals surface area contributed by atoms with Gasteiger partial charge >= 0.3 is 6.18 Å². The van der Waals surface area contributed by atoms with Crippen LogP contribution in [-0.4, -0.2) is 15.1 Å². The molecule has 0 unspecified atom stereocenters. The van der Waals surface area contributed by atoms with Crippen LogP contribution in [0.4, 0.5) is 24.7 Å². The van der Waals surface area contributed by atoms with E-state index in [1.54, 1.807) is 20.0 Å². The van der Waals surface area contributed by atoms with Crippen LogP contribution in [0.25, 0.3) is 11.3 Å². The Hall–Kier alpha value is -2.90. The summed E-state index contributed by atoms with van der Waals surface area (Å²) in [6.07, 6.45) is -1.30. The van der Waals surface area contributed by atoms with Crippen molar-refractivity contribution in [2.75, 3.05) is 5.32 Å². The minimum Gasteiger partial charge on any atom is -0.361 e. The van der Waals surface area contributed by atoms with Crippen molar-refractivity contribution in [3.05, 3.63) is 53.7 Å². The quantitative estimate of drug-likeness (QED) is 0.763. The summed E-state index contributed by atoms with van der Waals surface area (Å²) in [5.41, 5.74) is 1.78. The average molecular weight is 334 g/mol. The lowest BCUT2D eigenvalue weighted by atomic mass is 10.1. The van der Waals surface area contributed by atoms with Crippen LogP contribution < -0.4 is 5.32 Å². The van der Waals surface area contributed by atoms with Gasteiger partial charge < -0.3 is 9.84 Å². The highest BCUT2D eigenvalue weighted by atomic mass is 19.4. The summed E-state index contributed by atoms with van der Waals surface area (Å²) in [6, 6.07) is 4.70. The molecule has 0 spiro atoms. The summed E-state index contributed by atoms with van der Waals surface area (Å²) in [5, 5.41) is 6.80. The number of aromatic nitrogens is 3. The summed E-state index contributed by atoms with van der Waals surface area (Å²) >= 11 is 0. The number of rotatable bonds is 3. The molecule has 0 aliphatic heterocycles. The highest BCUT2D eigenvalue weighted by molar-refractivity contribution is 5.65. The van der Waals surface area contributed by atoms with Crippen LogP contribution in [0.1, 0.15) is 17.0 Å². The highest BCUT2D eigenvalue weighted by Crippen LogP contribution is 2.30. The number of hydrogen-bond donors (Lipinski definition) is 1. The zero-order valence-corrected chi connectivity index (χ0v) is 12.8. The first kappa shape index (κ1) is 16.0. The van der Waals surface area contributed by atoms with Crippen LogP contribution in [0.3, 0.4) is 0 Å². The van der Waals surface area contributed by atoms with E-state index in [0.717, 1.165) is 17.7 Å². The maximum atomic E-state index is 12.6. The first-order valence-electron chi connectivity index (χ1n) is 7.04. The molecule has 0 atom stereocenters. The smallest absolute Gasteiger partial charge is 0.361 e. The molecule has 0 aliphatic rings. The zero-order valence-electron chi connectivity index (χ0n) is 12.8. The summed E-state index contributed by atoms with van der Waals surface area (Å²) < 4.78 is 42.8. The van der Waals surface area contributed by atoms with Crippen LogP contribution in [-0.2, 0) is 6.18 Å². The van der Waals surface area contributed by atoms with E-state index >= 15 is 0 Å². The maximum absolute atomic E-state index is 12.6. The third-order valence-corrected chi connectivity index (χ3v) is 3.41. The Kier molecular flexibility index (Phi) is 3.96. The van der Waals surface area contributed by atoms with Gasteiger partial charge in [0.05, 0.1) is 34.9 Å². The van der Waals surface area contributed by atoms with Crippen molar-refractivity contribution in [2.45, 2.75) is 20.0 Å². The lowest BCUT2D eigenvalue weighted by Crippen LogP contribution is -2.04. The predicted octanol–water partition coefficient (Wildman–Crippen LogP) is 4.51. The van der Waals surface area contributed by atoms with Gasteiger partial charge in [-0.15, -0.1) is 0 Å². The molecule has 8 heteroatoms. The molecule has 1 N–H and O–H groups in total. The number of anilines is 2. The molecule has 1 aromatic carbocycles. The maximum Gasteiger partial charge on any atom is 0.416 e. The second kappa shape index (κ2) is 5.95. The van der Waals surface area contributed by atoms with Gasteiger partial charge in [0.1, 0.15) is 11.6 Å². The Morgan fingerprint density at radius 2 is 1.75 bits per heavy atom. The fraction of sp³-hybridized carbons (Fsp3) is 0.188. The Bertz CT molecular complexity index is 837. The van der Waals surface area contributed by atoms with Gasteiger partial charge in [-0.1, -0.05) is 5.16 Å². The van der Waals surface area contributed by atoms with Gasteiger partial charge in [-0.2, -0.15) is 13.2 Å². The number of nitrogens with zero attached hydrogens (tertiary/aromatic N) is 3. The van der Waals surface area contributed by atoms with Crippen LogP contribution >= 0.6 is 0 Å². The number of hydrogen-bond acceptors (Lipinski definition) is 5. The SMILES string of the molecule is Cc1noc(C)c1-c1cncc(Nc2ccc(C(F)(F)F)cc2)n1. The molecule has 24 heavy (non-hydrogen) atoms. The van der Waals surface area contributed by atoms with Crippen molar-refractivity contribution in [1.82, 2.24) is 15.1 Å². The van der Waals surface area contributed by atoms with Crippen LogP contribution in [0.15, 0.2) is 41.2 Å². The van der Waals surface area contributed by atoms with Crippen LogP contribution in [0, 0.1) is 13.8 Å². The molecule has 0 amide bonds. The van der Waals surface area contributed by atoms with Gasteiger partial charge in [-0.25, -0.2) is 4.98 Å². The molecule has 3 aromatic rings. The fourth-order valence-corrected chi connectivity index (χ4v) is 2.29. The van der Waals surface area contributed by atoms with E-state index in [2.05, 4.69) is 20.4 Å². The van der Waals surface area contributed by atoms with Gasteiger partial charge in [0, 0.05) is 5.69 Å². The van der Waals surface area contributed by atoms with Gasteiger partial charge in [0.25, 0.3) is 0 Å². The summed E-state index contributed by atoms with van der Waals surface area (Å²) in [6.45, 7) is 3.57. The summed E-state index contributed by atoms with van der Waals surface area (Å²) in [5.74, 6) is 1.03. The topological polar surface area (TPSA) is 63.8 Å². The van der Waals surface area contributed by atoms with E-state index in [-0.39, 0.29) is 0 Å². The number of alkyl halides is 3. The highest BCUT2D eigenvalue weighted by Gasteiger charge is 2.29. The molecule has 0 saturated carbocycles.